The zero-order valence-corrected chi connectivity index (χ0v) is 12.1. The first kappa shape index (κ1) is 15.1. The molecule has 3 nitrogen and oxygen atoms in total. The van der Waals surface area contributed by atoms with E-state index in [9.17, 15) is 5.11 Å². The zero-order valence-electron chi connectivity index (χ0n) is 12.1. The number of nitrogens with zero attached hydrogens (tertiary/aromatic N) is 2. The van der Waals surface area contributed by atoms with Crippen molar-refractivity contribution >= 4 is 0 Å². The lowest BCUT2D eigenvalue weighted by Gasteiger charge is -2.34. The molecular formula is C15H26N2O. The van der Waals surface area contributed by atoms with Crippen molar-refractivity contribution in [2.75, 3.05) is 13.1 Å². The second-order valence-electron chi connectivity index (χ2n) is 4.68. The van der Waals surface area contributed by atoms with E-state index in [0.717, 1.165) is 31.6 Å². The molecule has 1 N–H and O–H groups in total. The van der Waals surface area contributed by atoms with Gasteiger partial charge in [0.15, 0.2) is 0 Å². The maximum atomic E-state index is 9.48. The Labute approximate surface area is 111 Å². The second-order valence-corrected chi connectivity index (χ2v) is 4.68. The summed E-state index contributed by atoms with van der Waals surface area (Å²) >= 11 is 0. The first-order valence-corrected chi connectivity index (χ1v) is 7.01. The molecule has 2 rings (SSSR count). The summed E-state index contributed by atoms with van der Waals surface area (Å²) in [5.41, 5.74) is 2.33. The normalized spacial score (nSPS) is 18.9. The monoisotopic (exact) mass is 250 g/mol. The van der Waals surface area contributed by atoms with Gasteiger partial charge < -0.3 is 5.11 Å². The SMILES string of the molecule is CC.Cc1ccc(C(C)N2CCC(O)CC2)cn1. The van der Waals surface area contributed by atoms with Crippen LogP contribution in [0.5, 0.6) is 0 Å². The van der Waals surface area contributed by atoms with Crippen LogP contribution in [0, 0.1) is 6.92 Å². The summed E-state index contributed by atoms with van der Waals surface area (Å²) in [6.07, 6.45) is 3.65. The molecule has 0 amide bonds. The number of aromatic nitrogens is 1. The lowest BCUT2D eigenvalue weighted by molar-refractivity contribution is 0.0644. The maximum absolute atomic E-state index is 9.48. The van der Waals surface area contributed by atoms with Crippen LogP contribution in [-0.2, 0) is 0 Å². The predicted molar refractivity (Wildman–Crippen MR) is 75.6 cm³/mol. The lowest BCUT2D eigenvalue weighted by Crippen LogP contribution is -2.37. The molecule has 102 valence electrons. The Balaban J connectivity index is 0.000000771. The van der Waals surface area contributed by atoms with Crippen molar-refractivity contribution < 1.29 is 5.11 Å². The minimum absolute atomic E-state index is 0.0976. The van der Waals surface area contributed by atoms with E-state index >= 15 is 0 Å². The molecular weight excluding hydrogens is 224 g/mol. The average Bonchev–Trinajstić information content (AvgIpc) is 2.42. The summed E-state index contributed by atoms with van der Waals surface area (Å²) in [5, 5.41) is 9.48. The standard InChI is InChI=1S/C13H20N2O.C2H6/c1-10-3-4-12(9-14-10)11(2)15-7-5-13(16)6-8-15;1-2/h3-4,9,11,13,16H,5-8H2,1-2H3;1-2H3. The molecule has 0 radical (unpaired) electrons. The molecule has 1 aliphatic heterocycles. The van der Waals surface area contributed by atoms with Gasteiger partial charge in [0.1, 0.15) is 0 Å². The number of aliphatic hydroxyl groups excluding tert-OH is 1. The molecule has 3 heteroatoms. The highest BCUT2D eigenvalue weighted by Gasteiger charge is 2.22. The molecule has 1 unspecified atom stereocenters. The van der Waals surface area contributed by atoms with Crippen LogP contribution in [0.4, 0.5) is 0 Å². The molecule has 1 saturated heterocycles. The molecule has 1 fully saturated rings. The Morgan fingerprint density at radius 1 is 1.28 bits per heavy atom. The van der Waals surface area contributed by atoms with E-state index in [4.69, 9.17) is 0 Å². The summed E-state index contributed by atoms with van der Waals surface area (Å²) in [6.45, 7) is 10.2. The van der Waals surface area contributed by atoms with Crippen LogP contribution < -0.4 is 0 Å². The van der Waals surface area contributed by atoms with Crippen molar-refractivity contribution in [2.24, 2.45) is 0 Å². The highest BCUT2D eigenvalue weighted by Crippen LogP contribution is 2.23. The fraction of sp³-hybridized carbons (Fsp3) is 0.667. The van der Waals surface area contributed by atoms with Crippen LogP contribution in [0.2, 0.25) is 0 Å². The van der Waals surface area contributed by atoms with Gasteiger partial charge >= 0.3 is 0 Å². The molecule has 2 heterocycles. The van der Waals surface area contributed by atoms with Crippen molar-refractivity contribution in [3.05, 3.63) is 29.6 Å². The minimum atomic E-state index is -0.0976. The quantitative estimate of drug-likeness (QED) is 0.876. The molecule has 1 aromatic rings. The third kappa shape index (κ3) is 4.07. The molecule has 0 aromatic carbocycles. The fourth-order valence-electron chi connectivity index (χ4n) is 2.21. The van der Waals surface area contributed by atoms with Gasteiger partial charge in [-0.2, -0.15) is 0 Å². The Morgan fingerprint density at radius 3 is 2.39 bits per heavy atom. The van der Waals surface area contributed by atoms with E-state index in [0.29, 0.717) is 6.04 Å². The van der Waals surface area contributed by atoms with Gasteiger partial charge in [-0.15, -0.1) is 0 Å². The van der Waals surface area contributed by atoms with Gasteiger partial charge in [0.2, 0.25) is 0 Å². The van der Waals surface area contributed by atoms with Gasteiger partial charge in [0.05, 0.1) is 6.10 Å². The lowest BCUT2D eigenvalue weighted by atomic mass is 10.0. The van der Waals surface area contributed by atoms with E-state index in [1.165, 1.54) is 5.56 Å². The molecule has 1 atom stereocenters. The van der Waals surface area contributed by atoms with Gasteiger partial charge in [-0.1, -0.05) is 19.9 Å². The Morgan fingerprint density at radius 2 is 1.89 bits per heavy atom. The smallest absolute Gasteiger partial charge is 0.0564 e. The Kier molecular flexibility index (Phi) is 6.30. The Bertz CT molecular complexity index is 329. The second kappa shape index (κ2) is 7.49. The van der Waals surface area contributed by atoms with Crippen LogP contribution in [-0.4, -0.2) is 34.2 Å². The number of aliphatic hydroxyl groups is 1. The number of aryl methyl sites for hydroxylation is 1. The number of hydrogen-bond donors (Lipinski definition) is 1. The molecule has 0 saturated carbocycles. The highest BCUT2D eigenvalue weighted by atomic mass is 16.3. The minimum Gasteiger partial charge on any atom is -0.393 e. The summed E-state index contributed by atoms with van der Waals surface area (Å²) < 4.78 is 0. The number of likely N-dealkylation sites (tertiary alicyclic amines) is 1. The molecule has 1 aliphatic rings. The largest absolute Gasteiger partial charge is 0.393 e. The van der Waals surface area contributed by atoms with Crippen LogP contribution in [0.15, 0.2) is 18.3 Å². The molecule has 0 spiro atoms. The summed E-state index contributed by atoms with van der Waals surface area (Å²) in [6, 6.07) is 4.61. The highest BCUT2D eigenvalue weighted by molar-refractivity contribution is 5.16. The van der Waals surface area contributed by atoms with E-state index in [1.807, 2.05) is 27.0 Å². The average molecular weight is 250 g/mol. The van der Waals surface area contributed by atoms with E-state index < -0.39 is 0 Å². The zero-order chi connectivity index (χ0) is 13.5. The van der Waals surface area contributed by atoms with E-state index in [-0.39, 0.29) is 6.10 Å². The number of piperidine rings is 1. The van der Waals surface area contributed by atoms with Crippen molar-refractivity contribution in [3.63, 3.8) is 0 Å². The van der Waals surface area contributed by atoms with Crippen LogP contribution >= 0.6 is 0 Å². The molecule has 1 aromatic heterocycles. The topological polar surface area (TPSA) is 36.4 Å². The van der Waals surface area contributed by atoms with Gasteiger partial charge in [-0.25, -0.2) is 0 Å². The van der Waals surface area contributed by atoms with Gasteiger partial charge in [0.25, 0.3) is 0 Å². The number of hydrogen-bond acceptors (Lipinski definition) is 3. The van der Waals surface area contributed by atoms with Crippen molar-refractivity contribution in [1.82, 2.24) is 9.88 Å². The first-order chi connectivity index (χ1) is 8.66. The van der Waals surface area contributed by atoms with Crippen molar-refractivity contribution in [2.45, 2.75) is 52.7 Å². The summed E-state index contributed by atoms with van der Waals surface area (Å²) in [5.74, 6) is 0. The van der Waals surface area contributed by atoms with Crippen molar-refractivity contribution in [3.8, 4) is 0 Å². The summed E-state index contributed by atoms with van der Waals surface area (Å²) in [7, 11) is 0. The number of pyridine rings is 1. The molecule has 18 heavy (non-hydrogen) atoms. The van der Waals surface area contributed by atoms with Gasteiger partial charge in [0, 0.05) is 31.0 Å². The van der Waals surface area contributed by atoms with Gasteiger partial charge in [-0.3, -0.25) is 9.88 Å². The summed E-state index contributed by atoms with van der Waals surface area (Å²) in [4.78, 5) is 6.75. The maximum Gasteiger partial charge on any atom is 0.0564 e. The van der Waals surface area contributed by atoms with E-state index in [2.05, 4.69) is 28.9 Å². The molecule has 0 bridgehead atoms. The fourth-order valence-corrected chi connectivity index (χ4v) is 2.21. The van der Waals surface area contributed by atoms with Gasteiger partial charge in [-0.05, 0) is 38.3 Å². The van der Waals surface area contributed by atoms with Crippen LogP contribution in [0.1, 0.15) is 50.9 Å². The van der Waals surface area contributed by atoms with Crippen molar-refractivity contribution in [1.29, 1.82) is 0 Å². The predicted octanol–water partition coefficient (Wildman–Crippen LogP) is 2.93. The van der Waals surface area contributed by atoms with Crippen LogP contribution in [0.25, 0.3) is 0 Å². The van der Waals surface area contributed by atoms with E-state index in [1.54, 1.807) is 0 Å². The number of rotatable bonds is 2. The van der Waals surface area contributed by atoms with Crippen LogP contribution in [0.3, 0.4) is 0 Å². The molecule has 0 aliphatic carbocycles. The Hall–Kier alpha value is -0.930. The third-order valence-electron chi connectivity index (χ3n) is 3.46. The third-order valence-corrected chi connectivity index (χ3v) is 3.46. The first-order valence-electron chi connectivity index (χ1n) is 7.01.